The first-order valence-electron chi connectivity index (χ1n) is 8.65. The van der Waals surface area contributed by atoms with Gasteiger partial charge < -0.3 is 10.5 Å². The molecule has 3 nitrogen and oxygen atoms in total. The Morgan fingerprint density at radius 1 is 1.39 bits per heavy atom. The van der Waals surface area contributed by atoms with E-state index in [-0.39, 0.29) is 11.6 Å². The molecule has 1 fully saturated rings. The molecule has 1 aromatic carbocycles. The summed E-state index contributed by atoms with van der Waals surface area (Å²) in [4.78, 5) is 2.57. The Balaban J connectivity index is 2.25. The Bertz CT molecular complexity index is 513. The molecule has 2 N–H and O–H groups in total. The molecule has 0 saturated carbocycles. The van der Waals surface area contributed by atoms with Gasteiger partial charge in [0.25, 0.3) is 0 Å². The molecule has 0 radical (unpaired) electrons. The summed E-state index contributed by atoms with van der Waals surface area (Å²) in [5, 5.41) is 0.774. The molecule has 1 aliphatic heterocycles. The van der Waals surface area contributed by atoms with Crippen molar-refractivity contribution in [3.8, 4) is 0 Å². The van der Waals surface area contributed by atoms with Gasteiger partial charge >= 0.3 is 0 Å². The van der Waals surface area contributed by atoms with Crippen molar-refractivity contribution in [2.24, 2.45) is 11.7 Å². The first-order chi connectivity index (χ1) is 10.8. The number of nitrogens with two attached hydrogens (primary N) is 1. The van der Waals surface area contributed by atoms with Gasteiger partial charge in [0.15, 0.2) is 0 Å². The molecule has 0 amide bonds. The molecule has 1 heterocycles. The number of ether oxygens (including phenoxy) is 1. The number of hydrogen-bond acceptors (Lipinski definition) is 3. The normalized spacial score (nSPS) is 21.4. The van der Waals surface area contributed by atoms with Gasteiger partial charge in [-0.15, -0.1) is 0 Å². The second kappa shape index (κ2) is 7.98. The summed E-state index contributed by atoms with van der Waals surface area (Å²) in [6, 6.07) is 6.09. The number of rotatable bonds is 5. The van der Waals surface area contributed by atoms with E-state index in [1.54, 1.807) is 0 Å². The fraction of sp³-hybridized carbons (Fsp3) is 0.684. The van der Waals surface area contributed by atoms with Crippen LogP contribution in [0.15, 0.2) is 18.2 Å². The molecular formula is C19H31ClN2O. The lowest BCUT2D eigenvalue weighted by Crippen LogP contribution is -2.48. The standard InChI is InChI=1S/C19H31ClN2O/c1-14-7-8-16(20)12-17(14)18(23-11-9-21)15-6-5-10-22(13-15)19(2,3)4/h7-8,12,15,18H,5-6,9-11,13,21H2,1-4H3/t15-,18-/m1/s1. The van der Waals surface area contributed by atoms with Crippen LogP contribution < -0.4 is 5.73 Å². The van der Waals surface area contributed by atoms with Gasteiger partial charge in [-0.05, 0) is 70.3 Å². The average Bonchev–Trinajstić information content (AvgIpc) is 2.50. The Hall–Kier alpha value is -0.610. The number of likely N-dealkylation sites (tertiary alicyclic amines) is 1. The van der Waals surface area contributed by atoms with Crippen LogP contribution in [0.3, 0.4) is 0 Å². The van der Waals surface area contributed by atoms with Crippen molar-refractivity contribution in [1.82, 2.24) is 4.90 Å². The van der Waals surface area contributed by atoms with Gasteiger partial charge in [0.2, 0.25) is 0 Å². The summed E-state index contributed by atoms with van der Waals surface area (Å²) in [6.45, 7) is 12.4. The van der Waals surface area contributed by atoms with Crippen LogP contribution in [0.2, 0.25) is 5.02 Å². The SMILES string of the molecule is Cc1ccc(Cl)cc1[C@H](OCCN)[C@@H]1CCCN(C(C)(C)C)C1. The smallest absolute Gasteiger partial charge is 0.0869 e. The maximum atomic E-state index is 6.24. The molecule has 2 rings (SSSR count). The molecule has 2 atom stereocenters. The van der Waals surface area contributed by atoms with Gasteiger partial charge in [-0.1, -0.05) is 17.7 Å². The molecule has 1 saturated heterocycles. The molecule has 0 bridgehead atoms. The minimum Gasteiger partial charge on any atom is -0.372 e. The molecule has 0 aromatic heterocycles. The topological polar surface area (TPSA) is 38.5 Å². The van der Waals surface area contributed by atoms with E-state index in [0.717, 1.165) is 18.1 Å². The Labute approximate surface area is 146 Å². The van der Waals surface area contributed by atoms with Crippen molar-refractivity contribution >= 4 is 11.6 Å². The number of benzene rings is 1. The van der Waals surface area contributed by atoms with Gasteiger partial charge in [0, 0.05) is 29.6 Å². The fourth-order valence-electron chi connectivity index (χ4n) is 3.46. The zero-order chi connectivity index (χ0) is 17.0. The predicted molar refractivity (Wildman–Crippen MR) is 98.0 cm³/mol. The number of halogens is 1. The van der Waals surface area contributed by atoms with Gasteiger partial charge in [-0.2, -0.15) is 0 Å². The highest BCUT2D eigenvalue weighted by atomic mass is 35.5. The quantitative estimate of drug-likeness (QED) is 0.875. The third-order valence-corrected chi connectivity index (χ3v) is 5.03. The number of aryl methyl sites for hydroxylation is 1. The first-order valence-corrected chi connectivity index (χ1v) is 9.03. The van der Waals surface area contributed by atoms with E-state index < -0.39 is 0 Å². The van der Waals surface area contributed by atoms with Crippen molar-refractivity contribution in [2.45, 2.75) is 52.2 Å². The van der Waals surface area contributed by atoms with E-state index in [1.807, 2.05) is 6.07 Å². The molecule has 0 unspecified atom stereocenters. The van der Waals surface area contributed by atoms with Gasteiger partial charge in [-0.25, -0.2) is 0 Å². The van der Waals surface area contributed by atoms with Crippen LogP contribution in [-0.2, 0) is 4.74 Å². The van der Waals surface area contributed by atoms with Crippen molar-refractivity contribution in [3.05, 3.63) is 34.3 Å². The van der Waals surface area contributed by atoms with E-state index >= 15 is 0 Å². The van der Waals surface area contributed by atoms with Crippen molar-refractivity contribution < 1.29 is 4.74 Å². The van der Waals surface area contributed by atoms with Gasteiger partial charge in [-0.3, -0.25) is 4.90 Å². The highest BCUT2D eigenvalue weighted by Gasteiger charge is 2.33. The minimum absolute atomic E-state index is 0.0717. The Morgan fingerprint density at radius 3 is 2.78 bits per heavy atom. The first kappa shape index (κ1) is 18.7. The maximum Gasteiger partial charge on any atom is 0.0869 e. The second-order valence-electron chi connectivity index (χ2n) is 7.60. The second-order valence-corrected chi connectivity index (χ2v) is 8.04. The molecule has 0 aliphatic carbocycles. The molecule has 1 aromatic rings. The Kier molecular flexibility index (Phi) is 6.49. The van der Waals surface area contributed by atoms with Crippen LogP contribution in [0.4, 0.5) is 0 Å². The molecular weight excluding hydrogens is 308 g/mol. The van der Waals surface area contributed by atoms with E-state index in [1.165, 1.54) is 24.0 Å². The zero-order valence-corrected chi connectivity index (χ0v) is 15.7. The van der Waals surface area contributed by atoms with Gasteiger partial charge in [0.1, 0.15) is 0 Å². The van der Waals surface area contributed by atoms with E-state index in [2.05, 4.69) is 44.7 Å². The van der Waals surface area contributed by atoms with Crippen LogP contribution in [0.1, 0.15) is 50.8 Å². The molecule has 0 spiro atoms. The summed E-state index contributed by atoms with van der Waals surface area (Å²) in [5.74, 6) is 0.478. The highest BCUT2D eigenvalue weighted by molar-refractivity contribution is 6.30. The largest absolute Gasteiger partial charge is 0.372 e. The van der Waals surface area contributed by atoms with Crippen LogP contribution in [0.5, 0.6) is 0 Å². The summed E-state index contributed by atoms with van der Waals surface area (Å²) >= 11 is 6.24. The lowest BCUT2D eigenvalue weighted by molar-refractivity contribution is -0.0290. The molecule has 130 valence electrons. The lowest BCUT2D eigenvalue weighted by Gasteiger charge is -2.44. The van der Waals surface area contributed by atoms with E-state index in [0.29, 0.717) is 19.1 Å². The highest BCUT2D eigenvalue weighted by Crippen LogP contribution is 2.37. The van der Waals surface area contributed by atoms with Gasteiger partial charge in [0.05, 0.1) is 12.7 Å². The van der Waals surface area contributed by atoms with Crippen LogP contribution in [-0.4, -0.2) is 36.7 Å². The average molecular weight is 339 g/mol. The minimum atomic E-state index is 0.0717. The third kappa shape index (κ3) is 4.93. The molecule has 4 heteroatoms. The predicted octanol–water partition coefficient (Wildman–Crippen LogP) is 4.18. The summed E-state index contributed by atoms with van der Waals surface area (Å²) in [6.07, 6.45) is 2.47. The maximum absolute atomic E-state index is 6.24. The van der Waals surface area contributed by atoms with E-state index in [9.17, 15) is 0 Å². The van der Waals surface area contributed by atoms with Crippen LogP contribution >= 0.6 is 11.6 Å². The van der Waals surface area contributed by atoms with Crippen molar-refractivity contribution in [1.29, 1.82) is 0 Å². The summed E-state index contributed by atoms with van der Waals surface area (Å²) in [7, 11) is 0. The molecule has 23 heavy (non-hydrogen) atoms. The summed E-state index contributed by atoms with van der Waals surface area (Å²) in [5.41, 5.74) is 8.34. The number of hydrogen-bond donors (Lipinski definition) is 1. The number of piperidine rings is 1. The monoisotopic (exact) mass is 338 g/mol. The number of nitrogens with zero attached hydrogens (tertiary/aromatic N) is 1. The van der Waals surface area contributed by atoms with Crippen molar-refractivity contribution in [3.63, 3.8) is 0 Å². The summed E-state index contributed by atoms with van der Waals surface area (Å²) < 4.78 is 6.20. The van der Waals surface area contributed by atoms with E-state index in [4.69, 9.17) is 22.1 Å². The lowest BCUT2D eigenvalue weighted by atomic mass is 9.85. The zero-order valence-electron chi connectivity index (χ0n) is 14.9. The Morgan fingerprint density at radius 2 is 2.13 bits per heavy atom. The van der Waals surface area contributed by atoms with Crippen molar-refractivity contribution in [2.75, 3.05) is 26.2 Å². The third-order valence-electron chi connectivity index (χ3n) is 4.80. The molecule has 1 aliphatic rings. The van der Waals surface area contributed by atoms with Crippen LogP contribution in [0, 0.1) is 12.8 Å². The fourth-order valence-corrected chi connectivity index (χ4v) is 3.64. The van der Waals surface area contributed by atoms with Crippen LogP contribution in [0.25, 0.3) is 0 Å².